The summed E-state index contributed by atoms with van der Waals surface area (Å²) in [5.41, 5.74) is 4.77. The summed E-state index contributed by atoms with van der Waals surface area (Å²) < 4.78 is 51.2. The van der Waals surface area contributed by atoms with Crippen LogP contribution < -0.4 is 5.73 Å². The molecule has 0 unspecified atom stereocenters. The first-order valence-corrected chi connectivity index (χ1v) is 5.50. The summed E-state index contributed by atoms with van der Waals surface area (Å²) in [6, 6.07) is 1.73. The Bertz CT molecular complexity index is 415. The van der Waals surface area contributed by atoms with E-state index in [0.717, 1.165) is 31.0 Å². The molecule has 0 heterocycles. The van der Waals surface area contributed by atoms with Crippen molar-refractivity contribution < 1.29 is 17.6 Å². The molecule has 1 aliphatic carbocycles. The van der Waals surface area contributed by atoms with Crippen LogP contribution in [0.5, 0.6) is 0 Å². The highest BCUT2D eigenvalue weighted by molar-refractivity contribution is 5.85. The van der Waals surface area contributed by atoms with Gasteiger partial charge in [-0.3, -0.25) is 0 Å². The number of benzene rings is 1. The maximum absolute atomic E-state index is 13.0. The molecule has 1 nitrogen and oxygen atoms in total. The molecule has 2 rings (SSSR count). The molecule has 0 spiro atoms. The first kappa shape index (κ1) is 15.2. The van der Waals surface area contributed by atoms with Crippen LogP contribution in [-0.2, 0) is 6.18 Å². The summed E-state index contributed by atoms with van der Waals surface area (Å²) in [5, 5.41) is 0. The SMILES string of the molecule is Cl.N[C@@H](CC1CC1)c1cc(F)ccc1C(F)(F)F. The lowest BCUT2D eigenvalue weighted by Crippen LogP contribution is -2.18. The fourth-order valence-corrected chi connectivity index (χ4v) is 1.94. The Balaban J connectivity index is 0.00000162. The fourth-order valence-electron chi connectivity index (χ4n) is 1.94. The van der Waals surface area contributed by atoms with Gasteiger partial charge in [-0.05, 0) is 36.1 Å². The molecule has 102 valence electrons. The second kappa shape index (κ2) is 5.45. The van der Waals surface area contributed by atoms with Gasteiger partial charge in [0.05, 0.1) is 5.56 Å². The van der Waals surface area contributed by atoms with Crippen LogP contribution in [0.3, 0.4) is 0 Å². The molecule has 0 aromatic heterocycles. The normalized spacial score (nSPS) is 17.2. The van der Waals surface area contributed by atoms with Crippen molar-refractivity contribution in [1.82, 2.24) is 0 Å². The van der Waals surface area contributed by atoms with Crippen molar-refractivity contribution in [1.29, 1.82) is 0 Å². The fraction of sp³-hybridized carbons (Fsp3) is 0.500. The minimum atomic E-state index is -4.48. The Morgan fingerprint density at radius 3 is 2.39 bits per heavy atom. The highest BCUT2D eigenvalue weighted by Crippen LogP contribution is 2.40. The summed E-state index contributed by atoms with van der Waals surface area (Å²) >= 11 is 0. The molecule has 1 aromatic carbocycles. The van der Waals surface area contributed by atoms with Crippen LogP contribution in [0.4, 0.5) is 17.6 Å². The summed E-state index contributed by atoms with van der Waals surface area (Å²) in [6.45, 7) is 0. The topological polar surface area (TPSA) is 26.0 Å². The molecule has 18 heavy (non-hydrogen) atoms. The van der Waals surface area contributed by atoms with E-state index in [2.05, 4.69) is 0 Å². The van der Waals surface area contributed by atoms with Crippen LogP contribution in [0.2, 0.25) is 0 Å². The van der Waals surface area contributed by atoms with E-state index in [0.29, 0.717) is 12.3 Å². The van der Waals surface area contributed by atoms with Crippen LogP contribution >= 0.6 is 12.4 Å². The monoisotopic (exact) mass is 283 g/mol. The molecule has 1 aromatic rings. The first-order chi connectivity index (χ1) is 7.88. The molecule has 1 fully saturated rings. The number of hydrogen-bond donors (Lipinski definition) is 1. The third kappa shape index (κ3) is 3.59. The van der Waals surface area contributed by atoms with Crippen molar-refractivity contribution in [2.45, 2.75) is 31.5 Å². The average Bonchev–Trinajstić information content (AvgIpc) is 2.99. The number of nitrogens with two attached hydrogens (primary N) is 1. The Hall–Kier alpha value is -0.810. The molecule has 0 radical (unpaired) electrons. The molecule has 0 aliphatic heterocycles. The van der Waals surface area contributed by atoms with Crippen molar-refractivity contribution in [3.8, 4) is 0 Å². The predicted molar refractivity (Wildman–Crippen MR) is 62.9 cm³/mol. The Morgan fingerprint density at radius 1 is 1.28 bits per heavy atom. The van der Waals surface area contributed by atoms with Crippen molar-refractivity contribution in [2.75, 3.05) is 0 Å². The Labute approximate surface area is 109 Å². The lowest BCUT2D eigenvalue weighted by molar-refractivity contribution is -0.138. The van der Waals surface area contributed by atoms with Gasteiger partial charge in [-0.25, -0.2) is 4.39 Å². The molecule has 0 amide bonds. The van der Waals surface area contributed by atoms with Gasteiger partial charge < -0.3 is 5.73 Å². The van der Waals surface area contributed by atoms with Crippen molar-refractivity contribution in [3.05, 3.63) is 35.1 Å². The number of alkyl halides is 3. The molecule has 1 aliphatic rings. The van der Waals surface area contributed by atoms with E-state index >= 15 is 0 Å². The predicted octanol–water partition coefficient (Wildman–Crippen LogP) is 4.07. The van der Waals surface area contributed by atoms with E-state index in [4.69, 9.17) is 5.73 Å². The summed E-state index contributed by atoms with van der Waals surface area (Å²) in [7, 11) is 0. The lowest BCUT2D eigenvalue weighted by atomic mass is 9.96. The lowest BCUT2D eigenvalue weighted by Gasteiger charge is -2.18. The van der Waals surface area contributed by atoms with E-state index in [1.807, 2.05) is 0 Å². The minimum absolute atomic E-state index is 0. The molecular formula is C12H14ClF4N. The molecule has 0 bridgehead atoms. The van der Waals surface area contributed by atoms with E-state index in [1.165, 1.54) is 0 Å². The number of halogens is 5. The second-order valence-corrected chi connectivity index (χ2v) is 4.51. The van der Waals surface area contributed by atoms with E-state index in [1.54, 1.807) is 0 Å². The molecule has 1 saturated carbocycles. The number of rotatable bonds is 3. The molecule has 2 N–H and O–H groups in total. The van der Waals surface area contributed by atoms with Gasteiger partial charge in [-0.2, -0.15) is 13.2 Å². The Morgan fingerprint density at radius 2 is 1.89 bits per heavy atom. The average molecular weight is 284 g/mol. The van der Waals surface area contributed by atoms with Gasteiger partial charge in [0.15, 0.2) is 0 Å². The van der Waals surface area contributed by atoms with Crippen LogP contribution in [0.15, 0.2) is 18.2 Å². The van der Waals surface area contributed by atoms with Gasteiger partial charge in [0.25, 0.3) is 0 Å². The summed E-state index contributed by atoms with van der Waals surface area (Å²) in [6.07, 6.45) is -1.98. The van der Waals surface area contributed by atoms with Crippen LogP contribution in [0.1, 0.15) is 36.4 Å². The maximum atomic E-state index is 13.0. The minimum Gasteiger partial charge on any atom is -0.324 e. The molecule has 6 heteroatoms. The van der Waals surface area contributed by atoms with Gasteiger partial charge in [0, 0.05) is 6.04 Å². The summed E-state index contributed by atoms with van der Waals surface area (Å²) in [5.74, 6) is -0.284. The third-order valence-corrected chi connectivity index (χ3v) is 3.00. The van der Waals surface area contributed by atoms with E-state index < -0.39 is 23.6 Å². The van der Waals surface area contributed by atoms with Crippen LogP contribution in [0.25, 0.3) is 0 Å². The van der Waals surface area contributed by atoms with Crippen molar-refractivity contribution in [3.63, 3.8) is 0 Å². The van der Waals surface area contributed by atoms with Gasteiger partial charge in [-0.15, -0.1) is 12.4 Å². The standard InChI is InChI=1S/C12H13F4N.ClH/c13-8-3-4-10(12(14,15)16)9(6-8)11(17)5-7-1-2-7;/h3-4,6-7,11H,1-2,5,17H2;1H/t11-;/m0./s1. The molecular weight excluding hydrogens is 270 g/mol. The van der Waals surface area contributed by atoms with Crippen molar-refractivity contribution in [2.24, 2.45) is 11.7 Å². The van der Waals surface area contributed by atoms with Gasteiger partial charge in [0.2, 0.25) is 0 Å². The summed E-state index contributed by atoms with van der Waals surface area (Å²) in [4.78, 5) is 0. The van der Waals surface area contributed by atoms with Crippen LogP contribution in [-0.4, -0.2) is 0 Å². The second-order valence-electron chi connectivity index (χ2n) is 4.51. The third-order valence-electron chi connectivity index (χ3n) is 3.00. The molecule has 0 saturated heterocycles. The van der Waals surface area contributed by atoms with Crippen LogP contribution in [0, 0.1) is 11.7 Å². The maximum Gasteiger partial charge on any atom is 0.416 e. The van der Waals surface area contributed by atoms with Gasteiger partial charge in [0.1, 0.15) is 5.82 Å². The zero-order valence-electron chi connectivity index (χ0n) is 9.51. The van der Waals surface area contributed by atoms with Gasteiger partial charge in [-0.1, -0.05) is 12.8 Å². The zero-order chi connectivity index (χ0) is 12.6. The van der Waals surface area contributed by atoms with E-state index in [-0.39, 0.29) is 18.0 Å². The first-order valence-electron chi connectivity index (χ1n) is 5.50. The van der Waals surface area contributed by atoms with Gasteiger partial charge >= 0.3 is 6.18 Å². The highest BCUT2D eigenvalue weighted by atomic mass is 35.5. The smallest absolute Gasteiger partial charge is 0.324 e. The van der Waals surface area contributed by atoms with E-state index in [9.17, 15) is 17.6 Å². The zero-order valence-corrected chi connectivity index (χ0v) is 10.3. The Kier molecular flexibility index (Phi) is 4.61. The van der Waals surface area contributed by atoms with Crippen molar-refractivity contribution >= 4 is 12.4 Å². The largest absolute Gasteiger partial charge is 0.416 e. The number of hydrogen-bond acceptors (Lipinski definition) is 1. The highest BCUT2D eigenvalue weighted by Gasteiger charge is 2.36. The quantitative estimate of drug-likeness (QED) is 0.832. The molecule has 1 atom stereocenters.